The molecule has 1 fully saturated rings. The average molecular weight is 385 g/mol. The number of aromatic nitrogens is 4. The quantitative estimate of drug-likeness (QED) is 0.668. The first kappa shape index (κ1) is 17.6. The smallest absolute Gasteiger partial charge is 0.309 e. The number of H-pyrrole nitrogens is 1. The Labute approximate surface area is 159 Å². The van der Waals surface area contributed by atoms with Crippen LogP contribution in [-0.4, -0.2) is 38.9 Å². The van der Waals surface area contributed by atoms with Crippen LogP contribution >= 0.6 is 11.3 Å². The molecule has 3 heterocycles. The Morgan fingerprint density at radius 3 is 2.89 bits per heavy atom. The van der Waals surface area contributed by atoms with Gasteiger partial charge in [0.1, 0.15) is 23.4 Å². The molecule has 1 saturated carbocycles. The molecule has 4 rings (SSSR count). The van der Waals surface area contributed by atoms with Gasteiger partial charge in [0.15, 0.2) is 5.13 Å². The summed E-state index contributed by atoms with van der Waals surface area (Å²) in [4.78, 5) is 40.8. The number of fused-ring (bicyclic) bond motifs is 1. The number of nitrogens with one attached hydrogen (secondary N) is 2. The minimum atomic E-state index is -0.385. The number of rotatable bonds is 4. The Kier molecular flexibility index (Phi) is 4.85. The van der Waals surface area contributed by atoms with Crippen LogP contribution < -0.4 is 5.32 Å². The minimum Gasteiger partial charge on any atom is -0.469 e. The lowest BCUT2D eigenvalue weighted by Gasteiger charge is -2.28. The molecule has 0 saturated heterocycles. The van der Waals surface area contributed by atoms with E-state index >= 15 is 0 Å². The number of methoxy groups -OCH3 is 1. The molecule has 0 spiro atoms. The largest absolute Gasteiger partial charge is 0.469 e. The van der Waals surface area contributed by atoms with Crippen LogP contribution in [0.15, 0.2) is 24.0 Å². The fourth-order valence-electron chi connectivity index (χ4n) is 3.59. The number of amides is 1. The van der Waals surface area contributed by atoms with Crippen molar-refractivity contribution >= 4 is 39.4 Å². The first-order valence-corrected chi connectivity index (χ1v) is 9.68. The highest BCUT2D eigenvalue weighted by Gasteiger charge is 2.36. The molecule has 2 atom stereocenters. The van der Waals surface area contributed by atoms with Crippen LogP contribution in [0.4, 0.5) is 5.13 Å². The maximum Gasteiger partial charge on any atom is 0.309 e. The lowest BCUT2D eigenvalue weighted by Crippen LogP contribution is -2.36. The van der Waals surface area contributed by atoms with E-state index in [4.69, 9.17) is 4.74 Å². The third-order valence-electron chi connectivity index (χ3n) is 4.94. The van der Waals surface area contributed by atoms with Crippen LogP contribution in [0.2, 0.25) is 0 Å². The fourth-order valence-corrected chi connectivity index (χ4v) is 4.29. The molecule has 27 heavy (non-hydrogen) atoms. The van der Waals surface area contributed by atoms with E-state index in [0.29, 0.717) is 29.4 Å². The van der Waals surface area contributed by atoms with E-state index in [1.54, 1.807) is 6.20 Å². The molecular formula is C18H19N5O3S. The van der Waals surface area contributed by atoms with Gasteiger partial charge in [0.25, 0.3) is 0 Å². The molecule has 0 aromatic carbocycles. The third-order valence-corrected chi connectivity index (χ3v) is 5.70. The van der Waals surface area contributed by atoms with Crippen molar-refractivity contribution in [3.63, 3.8) is 0 Å². The topological polar surface area (TPSA) is 110 Å². The summed E-state index contributed by atoms with van der Waals surface area (Å²) >= 11 is 1.33. The molecule has 2 unspecified atom stereocenters. The molecule has 3 aromatic rings. The van der Waals surface area contributed by atoms with Crippen molar-refractivity contribution in [2.45, 2.75) is 25.7 Å². The standard InChI is InChI=1S/C18H19N5O3S/c1-26-17(25)11-5-3-2-4-10(11)16(24)23-18-22-13(8-27-18)14-12-6-7-19-15(12)21-9-20-14/h6-11H,2-5H2,1H3,(H,19,20,21)(H,22,23,24). The third kappa shape index (κ3) is 3.42. The van der Waals surface area contributed by atoms with Gasteiger partial charge in [0.2, 0.25) is 5.91 Å². The Morgan fingerprint density at radius 1 is 1.26 bits per heavy atom. The summed E-state index contributed by atoms with van der Waals surface area (Å²) < 4.78 is 4.87. The molecule has 9 heteroatoms. The number of thiazole rings is 1. The van der Waals surface area contributed by atoms with Crippen molar-refractivity contribution in [2.75, 3.05) is 12.4 Å². The molecule has 1 aliphatic rings. The molecule has 8 nitrogen and oxygen atoms in total. The summed E-state index contributed by atoms with van der Waals surface area (Å²) in [6, 6.07) is 1.89. The van der Waals surface area contributed by atoms with Gasteiger partial charge in [-0.25, -0.2) is 15.0 Å². The number of hydrogen-bond acceptors (Lipinski definition) is 7. The van der Waals surface area contributed by atoms with Gasteiger partial charge in [-0.2, -0.15) is 0 Å². The zero-order valence-corrected chi connectivity index (χ0v) is 15.6. The molecule has 0 bridgehead atoms. The van der Waals surface area contributed by atoms with Crippen LogP contribution in [0.3, 0.4) is 0 Å². The Hall–Kier alpha value is -2.81. The van der Waals surface area contributed by atoms with Gasteiger partial charge in [-0.15, -0.1) is 11.3 Å². The second kappa shape index (κ2) is 7.43. The molecule has 140 valence electrons. The van der Waals surface area contributed by atoms with E-state index < -0.39 is 0 Å². The predicted molar refractivity (Wildman–Crippen MR) is 101 cm³/mol. The number of carbonyl (C=O) groups excluding carboxylic acids is 2. The number of nitrogens with zero attached hydrogens (tertiary/aromatic N) is 3. The van der Waals surface area contributed by atoms with E-state index in [1.807, 2.05) is 11.4 Å². The van der Waals surface area contributed by atoms with E-state index in [9.17, 15) is 9.59 Å². The monoisotopic (exact) mass is 385 g/mol. The van der Waals surface area contributed by atoms with Crippen LogP contribution in [0, 0.1) is 11.8 Å². The van der Waals surface area contributed by atoms with Gasteiger partial charge < -0.3 is 15.0 Å². The number of ether oxygens (including phenoxy) is 1. The van der Waals surface area contributed by atoms with Crippen LogP contribution in [-0.2, 0) is 14.3 Å². The maximum atomic E-state index is 12.7. The van der Waals surface area contributed by atoms with E-state index in [1.165, 1.54) is 24.8 Å². The summed E-state index contributed by atoms with van der Waals surface area (Å²) in [5.41, 5.74) is 2.13. The number of aromatic amines is 1. The highest BCUT2D eigenvalue weighted by Crippen LogP contribution is 2.33. The van der Waals surface area contributed by atoms with E-state index in [-0.39, 0.29) is 23.7 Å². The van der Waals surface area contributed by atoms with Gasteiger partial charge in [0.05, 0.1) is 18.9 Å². The summed E-state index contributed by atoms with van der Waals surface area (Å²) in [5, 5.41) is 6.08. The number of hydrogen-bond donors (Lipinski definition) is 2. The summed E-state index contributed by atoms with van der Waals surface area (Å²) in [6.07, 6.45) is 6.51. The normalized spacial score (nSPS) is 19.7. The minimum absolute atomic E-state index is 0.180. The number of esters is 1. The Balaban J connectivity index is 1.53. The van der Waals surface area contributed by atoms with Gasteiger partial charge in [0, 0.05) is 17.0 Å². The molecule has 0 aliphatic heterocycles. The van der Waals surface area contributed by atoms with Crippen molar-refractivity contribution < 1.29 is 14.3 Å². The van der Waals surface area contributed by atoms with Crippen molar-refractivity contribution in [1.29, 1.82) is 0 Å². The first-order valence-electron chi connectivity index (χ1n) is 8.80. The SMILES string of the molecule is COC(=O)C1CCCCC1C(=O)Nc1nc(-c2ncnc3[nH]ccc23)cs1. The van der Waals surface area contributed by atoms with Gasteiger partial charge in [-0.1, -0.05) is 12.8 Å². The van der Waals surface area contributed by atoms with Gasteiger partial charge in [-0.3, -0.25) is 9.59 Å². The number of anilines is 1. The Morgan fingerprint density at radius 2 is 2.07 bits per heavy atom. The van der Waals surface area contributed by atoms with Crippen LogP contribution in [0.5, 0.6) is 0 Å². The number of carbonyl (C=O) groups is 2. The second-order valence-corrected chi connectivity index (χ2v) is 7.37. The summed E-state index contributed by atoms with van der Waals surface area (Å²) in [6.45, 7) is 0. The second-order valence-electron chi connectivity index (χ2n) is 6.51. The highest BCUT2D eigenvalue weighted by molar-refractivity contribution is 7.14. The van der Waals surface area contributed by atoms with Gasteiger partial charge >= 0.3 is 5.97 Å². The van der Waals surface area contributed by atoms with Crippen molar-refractivity contribution in [1.82, 2.24) is 19.9 Å². The maximum absolute atomic E-state index is 12.7. The molecule has 3 aromatic heterocycles. The first-order chi connectivity index (χ1) is 13.2. The predicted octanol–water partition coefficient (Wildman–Crippen LogP) is 3.00. The van der Waals surface area contributed by atoms with Crippen molar-refractivity contribution in [3.05, 3.63) is 24.0 Å². The van der Waals surface area contributed by atoms with E-state index in [0.717, 1.165) is 23.9 Å². The average Bonchev–Trinajstić information content (AvgIpc) is 3.36. The van der Waals surface area contributed by atoms with Crippen molar-refractivity contribution in [2.24, 2.45) is 11.8 Å². The summed E-state index contributed by atoms with van der Waals surface area (Å²) in [5.74, 6) is -1.26. The zero-order valence-electron chi connectivity index (χ0n) is 14.8. The highest BCUT2D eigenvalue weighted by atomic mass is 32.1. The van der Waals surface area contributed by atoms with Crippen LogP contribution in [0.1, 0.15) is 25.7 Å². The van der Waals surface area contributed by atoms with Crippen LogP contribution in [0.25, 0.3) is 22.4 Å². The molecule has 1 aliphatic carbocycles. The molecule has 1 amide bonds. The Bertz CT molecular complexity index is 982. The van der Waals surface area contributed by atoms with Gasteiger partial charge in [-0.05, 0) is 18.9 Å². The van der Waals surface area contributed by atoms with E-state index in [2.05, 4.69) is 25.3 Å². The fraction of sp³-hybridized carbons (Fsp3) is 0.389. The molecule has 0 radical (unpaired) electrons. The summed E-state index contributed by atoms with van der Waals surface area (Å²) in [7, 11) is 1.36. The molecule has 2 N–H and O–H groups in total. The zero-order chi connectivity index (χ0) is 18.8. The van der Waals surface area contributed by atoms with Crippen molar-refractivity contribution in [3.8, 4) is 11.4 Å². The lowest BCUT2D eigenvalue weighted by molar-refractivity contribution is -0.151. The lowest BCUT2D eigenvalue weighted by atomic mass is 9.78. The molecular weight excluding hydrogens is 366 g/mol.